The van der Waals surface area contributed by atoms with Crippen molar-refractivity contribution in [3.63, 3.8) is 0 Å². The van der Waals surface area contributed by atoms with E-state index in [2.05, 4.69) is 10.3 Å². The van der Waals surface area contributed by atoms with Gasteiger partial charge in [0.2, 0.25) is 0 Å². The number of anilines is 1. The van der Waals surface area contributed by atoms with E-state index in [0.717, 1.165) is 16.9 Å². The maximum atomic E-state index is 14.4. The Morgan fingerprint density at radius 1 is 1.32 bits per heavy atom. The van der Waals surface area contributed by atoms with Crippen LogP contribution in [0.5, 0.6) is 0 Å². The number of hydrogen-bond acceptors (Lipinski definition) is 2. The molecule has 0 bridgehead atoms. The quantitative estimate of drug-likeness (QED) is 0.866. The van der Waals surface area contributed by atoms with Crippen LogP contribution in [-0.4, -0.2) is 12.0 Å². The van der Waals surface area contributed by atoms with Gasteiger partial charge in [-0.3, -0.25) is 0 Å². The number of rotatable bonds is 2. The van der Waals surface area contributed by atoms with Crippen LogP contribution >= 0.6 is 0 Å². The molecule has 1 aliphatic carbocycles. The molecule has 2 nitrogen and oxygen atoms in total. The summed E-state index contributed by atoms with van der Waals surface area (Å²) in [7, 11) is 1.79. The minimum Gasteiger partial charge on any atom is -0.373 e. The summed E-state index contributed by atoms with van der Waals surface area (Å²) in [5, 5.41) is 2.98. The van der Waals surface area contributed by atoms with E-state index in [9.17, 15) is 8.78 Å². The zero-order chi connectivity index (χ0) is 14.2. The number of aryl methyl sites for hydroxylation is 1. The van der Waals surface area contributed by atoms with Crippen molar-refractivity contribution in [2.45, 2.75) is 32.6 Å². The first-order valence-corrected chi connectivity index (χ1v) is 6.28. The van der Waals surface area contributed by atoms with Gasteiger partial charge in [0.05, 0.1) is 0 Å². The molecule has 0 fully saturated rings. The molecule has 1 unspecified atom stereocenters. The van der Waals surface area contributed by atoms with Gasteiger partial charge in [0.1, 0.15) is 17.5 Å². The van der Waals surface area contributed by atoms with E-state index >= 15 is 0 Å². The molecule has 1 atom stereocenters. The number of halogens is 2. The highest BCUT2D eigenvalue weighted by atomic mass is 19.1. The van der Waals surface area contributed by atoms with Crippen LogP contribution in [0.2, 0.25) is 0 Å². The summed E-state index contributed by atoms with van der Waals surface area (Å²) < 4.78 is 27.9. The molecular weight excluding hydrogens is 246 g/mol. The van der Waals surface area contributed by atoms with Crippen LogP contribution in [0.25, 0.3) is 0 Å². The molecule has 2 rings (SSSR count). The van der Waals surface area contributed by atoms with Gasteiger partial charge in [-0.15, -0.1) is 0 Å². The Kier molecular flexibility index (Phi) is 3.43. The van der Waals surface area contributed by atoms with Gasteiger partial charge >= 0.3 is 0 Å². The van der Waals surface area contributed by atoms with Gasteiger partial charge in [0.25, 0.3) is 0 Å². The molecule has 0 saturated carbocycles. The first kappa shape index (κ1) is 13.7. The van der Waals surface area contributed by atoms with E-state index in [1.807, 2.05) is 13.0 Å². The number of allylic oxidation sites excluding steroid dienone is 4. The Balaban J connectivity index is 2.50. The van der Waals surface area contributed by atoms with E-state index in [0.29, 0.717) is 6.42 Å². The fourth-order valence-corrected chi connectivity index (χ4v) is 2.44. The number of aromatic nitrogens is 1. The van der Waals surface area contributed by atoms with Gasteiger partial charge < -0.3 is 5.32 Å². The lowest BCUT2D eigenvalue weighted by Gasteiger charge is -2.31. The number of pyridine rings is 1. The summed E-state index contributed by atoms with van der Waals surface area (Å²) in [6.45, 7) is 5.17. The SMILES string of the molecule is CNc1ncc(C2(C)CC=C(F)C(C)=C2F)cc1C. The fraction of sp³-hybridized carbons (Fsp3) is 0.400. The molecule has 1 N–H and O–H groups in total. The van der Waals surface area contributed by atoms with Crippen LogP contribution in [0, 0.1) is 6.92 Å². The second-order valence-corrected chi connectivity index (χ2v) is 5.17. The van der Waals surface area contributed by atoms with Crippen molar-refractivity contribution in [3.05, 3.63) is 46.7 Å². The third-order valence-corrected chi connectivity index (χ3v) is 3.81. The summed E-state index contributed by atoms with van der Waals surface area (Å²) >= 11 is 0. The topological polar surface area (TPSA) is 24.9 Å². The number of nitrogens with zero attached hydrogens (tertiary/aromatic N) is 1. The van der Waals surface area contributed by atoms with Crippen molar-refractivity contribution < 1.29 is 8.78 Å². The highest BCUT2D eigenvalue weighted by Crippen LogP contribution is 2.43. The van der Waals surface area contributed by atoms with Crippen molar-refractivity contribution in [2.24, 2.45) is 0 Å². The predicted molar refractivity (Wildman–Crippen MR) is 73.5 cm³/mol. The molecule has 0 saturated heterocycles. The molecule has 0 amide bonds. The molecule has 1 aliphatic rings. The Hall–Kier alpha value is -1.71. The Morgan fingerprint density at radius 2 is 2.00 bits per heavy atom. The van der Waals surface area contributed by atoms with Crippen LogP contribution < -0.4 is 5.32 Å². The van der Waals surface area contributed by atoms with Gasteiger partial charge in [0.15, 0.2) is 0 Å². The second kappa shape index (κ2) is 4.76. The van der Waals surface area contributed by atoms with Crippen LogP contribution in [0.1, 0.15) is 31.4 Å². The lowest BCUT2D eigenvalue weighted by atomic mass is 9.74. The van der Waals surface area contributed by atoms with Crippen LogP contribution in [0.15, 0.2) is 35.6 Å². The van der Waals surface area contributed by atoms with Gasteiger partial charge in [-0.1, -0.05) is 0 Å². The van der Waals surface area contributed by atoms with Crippen molar-refractivity contribution >= 4 is 5.82 Å². The van der Waals surface area contributed by atoms with Crippen LogP contribution in [0.3, 0.4) is 0 Å². The number of hydrogen-bond donors (Lipinski definition) is 1. The van der Waals surface area contributed by atoms with E-state index in [1.54, 1.807) is 20.2 Å². The van der Waals surface area contributed by atoms with E-state index in [-0.39, 0.29) is 5.57 Å². The molecule has 102 valence electrons. The maximum Gasteiger partial charge on any atom is 0.128 e. The van der Waals surface area contributed by atoms with Gasteiger partial charge in [-0.05, 0) is 50.5 Å². The molecule has 1 aromatic rings. The smallest absolute Gasteiger partial charge is 0.128 e. The molecule has 1 heterocycles. The molecule has 0 aromatic carbocycles. The van der Waals surface area contributed by atoms with Gasteiger partial charge in [0, 0.05) is 24.2 Å². The standard InChI is InChI=1S/C15H18F2N2/c1-9-7-11(8-19-14(9)18-4)15(3)6-5-12(16)10(2)13(15)17/h5,7-8H,6H2,1-4H3,(H,18,19). The average molecular weight is 264 g/mol. The van der Waals surface area contributed by atoms with Crippen molar-refractivity contribution in [2.75, 3.05) is 12.4 Å². The Bertz CT molecular complexity index is 576. The normalized spacial score (nSPS) is 23.4. The molecule has 0 aliphatic heterocycles. The minimum atomic E-state index is -0.830. The minimum absolute atomic E-state index is 0.0871. The Morgan fingerprint density at radius 3 is 2.58 bits per heavy atom. The molecule has 1 aromatic heterocycles. The van der Waals surface area contributed by atoms with Crippen LogP contribution in [0.4, 0.5) is 14.6 Å². The largest absolute Gasteiger partial charge is 0.373 e. The first-order valence-electron chi connectivity index (χ1n) is 6.28. The highest BCUT2D eigenvalue weighted by molar-refractivity contribution is 5.49. The van der Waals surface area contributed by atoms with E-state index < -0.39 is 17.1 Å². The summed E-state index contributed by atoms with van der Waals surface area (Å²) in [5.41, 5.74) is 0.972. The number of nitrogens with one attached hydrogen (secondary N) is 1. The first-order chi connectivity index (χ1) is 8.90. The summed E-state index contributed by atoms with van der Waals surface area (Å²) in [6, 6.07) is 1.91. The third kappa shape index (κ3) is 2.15. The molecule has 0 radical (unpaired) electrons. The van der Waals surface area contributed by atoms with Crippen molar-refractivity contribution in [1.29, 1.82) is 0 Å². The highest BCUT2D eigenvalue weighted by Gasteiger charge is 2.36. The average Bonchev–Trinajstić information content (AvgIpc) is 2.41. The Labute approximate surface area is 112 Å². The van der Waals surface area contributed by atoms with E-state index in [1.165, 1.54) is 13.0 Å². The summed E-state index contributed by atoms with van der Waals surface area (Å²) in [4.78, 5) is 4.28. The molecule has 19 heavy (non-hydrogen) atoms. The maximum absolute atomic E-state index is 14.4. The molecular formula is C15H18F2N2. The van der Waals surface area contributed by atoms with E-state index in [4.69, 9.17) is 0 Å². The lowest BCUT2D eigenvalue weighted by Crippen LogP contribution is -2.26. The summed E-state index contributed by atoms with van der Waals surface area (Å²) in [5.74, 6) is -0.108. The third-order valence-electron chi connectivity index (χ3n) is 3.81. The monoisotopic (exact) mass is 264 g/mol. The van der Waals surface area contributed by atoms with Crippen LogP contribution in [-0.2, 0) is 5.41 Å². The van der Waals surface area contributed by atoms with Gasteiger partial charge in [-0.25, -0.2) is 13.8 Å². The summed E-state index contributed by atoms with van der Waals surface area (Å²) in [6.07, 6.45) is 3.41. The molecule has 0 spiro atoms. The predicted octanol–water partition coefficient (Wildman–Crippen LogP) is 4.19. The molecule has 4 heteroatoms. The van der Waals surface area contributed by atoms with Crippen molar-refractivity contribution in [3.8, 4) is 0 Å². The lowest BCUT2D eigenvalue weighted by molar-refractivity contribution is 0.402. The zero-order valence-electron chi connectivity index (χ0n) is 11.6. The fourth-order valence-electron chi connectivity index (χ4n) is 2.44. The van der Waals surface area contributed by atoms with Gasteiger partial charge in [-0.2, -0.15) is 0 Å². The zero-order valence-corrected chi connectivity index (χ0v) is 11.6. The van der Waals surface area contributed by atoms with Crippen molar-refractivity contribution in [1.82, 2.24) is 4.98 Å². The second-order valence-electron chi connectivity index (χ2n) is 5.17.